The molecule has 9 aromatic heterocycles. The Hall–Kier alpha value is -14.1. The van der Waals surface area contributed by atoms with Gasteiger partial charge in [0, 0.05) is 106 Å². The molecule has 3 fully saturated rings. The zero-order valence-corrected chi connectivity index (χ0v) is 74.7. The molecule has 6 bridgehead atoms. The van der Waals surface area contributed by atoms with Gasteiger partial charge in [0.2, 0.25) is 17.6 Å². The molecule has 3 saturated heterocycles. The number of hydrogen-bond donors (Lipinski definition) is 9. The number of aromatic nitrogens is 9. The largest absolute Gasteiger partial charge is 0.472 e. The van der Waals surface area contributed by atoms with Crippen molar-refractivity contribution >= 4 is 58.6 Å². The summed E-state index contributed by atoms with van der Waals surface area (Å²) in [7, 11) is 0. The van der Waals surface area contributed by atoms with E-state index in [2.05, 4.69) is 44.9 Å². The molecular formula is C97H83Cl2F10N15O15. The number of carbonyl (C=O) groups excluding carboxylic acids is 6. The Balaban J connectivity index is 0.000000120. The Morgan fingerprint density at radius 3 is 0.942 bits per heavy atom. The van der Waals surface area contributed by atoms with E-state index in [4.69, 9.17) is 86.0 Å². The van der Waals surface area contributed by atoms with E-state index in [0.717, 1.165) is 104 Å². The lowest BCUT2D eigenvalue weighted by Crippen LogP contribution is -2.35. The monoisotopic (exact) mass is 1960 g/mol. The number of pyridine rings is 9. The summed E-state index contributed by atoms with van der Waals surface area (Å²) >= 11 is 11.6. The molecule has 720 valence electrons. The number of halogens is 12. The molecule has 0 unspecified atom stereocenters. The van der Waals surface area contributed by atoms with E-state index in [9.17, 15) is 88.0 Å². The first kappa shape index (κ1) is 97.9. The number of hydrogen-bond acceptors (Lipinski definition) is 24. The lowest BCUT2D eigenvalue weighted by molar-refractivity contribution is 0.0293. The van der Waals surface area contributed by atoms with Gasteiger partial charge in [-0.3, -0.25) is 43.7 Å². The van der Waals surface area contributed by atoms with Gasteiger partial charge < -0.3 is 78.1 Å². The topological polar surface area (TPSA) is 491 Å². The zero-order valence-electron chi connectivity index (χ0n) is 73.2. The van der Waals surface area contributed by atoms with E-state index >= 15 is 0 Å². The second-order valence-corrected chi connectivity index (χ2v) is 34.7. The third kappa shape index (κ3) is 21.2. The summed E-state index contributed by atoms with van der Waals surface area (Å²) in [6, 6.07) is 21.4. The average molecular weight is 1960 g/mol. The lowest BCUT2D eigenvalue weighted by atomic mass is 9.88. The van der Waals surface area contributed by atoms with Crippen LogP contribution in [0.5, 0.6) is 17.6 Å². The minimum absolute atomic E-state index is 0.00569. The molecule has 3 aromatic carbocycles. The van der Waals surface area contributed by atoms with Crippen LogP contribution in [0.2, 0.25) is 10.0 Å². The van der Waals surface area contributed by atoms with Gasteiger partial charge in [0.25, 0.3) is 35.4 Å². The van der Waals surface area contributed by atoms with E-state index < -0.39 is 112 Å². The fourth-order valence-electron chi connectivity index (χ4n) is 18.0. The number of rotatable bonds is 15. The molecule has 0 saturated carbocycles. The van der Waals surface area contributed by atoms with Crippen LogP contribution in [0.15, 0.2) is 128 Å². The molecule has 0 spiro atoms. The predicted molar refractivity (Wildman–Crippen MR) is 478 cm³/mol. The van der Waals surface area contributed by atoms with E-state index in [0.29, 0.717) is 119 Å². The third-order valence-electron chi connectivity index (χ3n) is 24.6. The Morgan fingerprint density at radius 2 is 0.633 bits per heavy atom. The van der Waals surface area contributed by atoms with E-state index in [1.807, 2.05) is 6.92 Å². The summed E-state index contributed by atoms with van der Waals surface area (Å²) in [6.07, 6.45) is 11.5. The molecule has 10 atom stereocenters. The van der Waals surface area contributed by atoms with Crippen molar-refractivity contribution in [1.82, 2.24) is 44.9 Å². The molecule has 0 aliphatic carbocycles. The molecule has 21 rings (SSSR count). The van der Waals surface area contributed by atoms with Crippen molar-refractivity contribution in [2.45, 2.75) is 152 Å². The molecule has 42 heteroatoms. The number of nitrogens with zero attached hydrogens (tertiary/aromatic N) is 9. The smallest absolute Gasteiger partial charge is 0.267 e. The minimum Gasteiger partial charge on any atom is -0.472 e. The molecule has 9 aliphatic heterocycles. The highest BCUT2D eigenvalue weighted by molar-refractivity contribution is 6.30. The number of primary amides is 6. The summed E-state index contributed by atoms with van der Waals surface area (Å²) in [5.41, 5.74) is 41.5. The number of carbonyl (C=O) groups is 6. The molecule has 0 radical (unpaired) electrons. The fourth-order valence-corrected chi connectivity index (χ4v) is 18.3. The molecule has 9 aliphatic rings. The van der Waals surface area contributed by atoms with Crippen molar-refractivity contribution in [2.24, 2.45) is 40.3 Å². The maximum atomic E-state index is 14.3. The van der Waals surface area contributed by atoms with Gasteiger partial charge in [-0.25, -0.2) is 73.8 Å². The standard InChI is InChI=1S/C17H16F2N2O3.2C16H13ClFN3O2.C16H13F2N3O2.2C16H14F2N2O3/c1-8-4-12-11(10-3-2-9(18)5-13(10)19)6-14(16(20)23)21-17(12)24-15(8)7-22;3*17-7-3-11(18)14(20-6-7)10-5-12(16(19)22)21-15-9(10)4-8-1-2-13(15)23-8;2*17-8-1-3-10(13(18)5-8)12-6-14(15(19)22)20-16-11(12)4-2-9(7-21)23-16/h2-3,5-6,8,15,22H,4,7H2,1H3,(H2,20,23);3*3,5-6,8,13H,1-2,4H2,(H2,19,22);2*1,3,5-6,9,21H,2,4,7H2,(H2,19,22)/t8-,15-;3*8-,13+;2*9-/m110110/s1. The van der Waals surface area contributed by atoms with Crippen molar-refractivity contribution < 1.29 is 116 Å². The lowest BCUT2D eigenvalue weighted by Gasteiger charge is -2.31. The van der Waals surface area contributed by atoms with E-state index in [1.54, 1.807) is 0 Å². The van der Waals surface area contributed by atoms with E-state index in [1.165, 1.54) is 79.1 Å². The number of aliphatic hydroxyl groups excluding tert-OH is 3. The summed E-state index contributed by atoms with van der Waals surface area (Å²) in [6.45, 7) is 1.30. The minimum atomic E-state index is -0.788. The van der Waals surface area contributed by atoms with Crippen molar-refractivity contribution in [3.63, 3.8) is 0 Å². The molecule has 18 heterocycles. The van der Waals surface area contributed by atoms with E-state index in [-0.39, 0.29) is 158 Å². The van der Waals surface area contributed by atoms with Gasteiger partial charge in [0.1, 0.15) is 129 Å². The van der Waals surface area contributed by atoms with Gasteiger partial charge in [-0.1, -0.05) is 30.1 Å². The van der Waals surface area contributed by atoms with Crippen LogP contribution in [0, 0.1) is 64.1 Å². The van der Waals surface area contributed by atoms with Crippen LogP contribution in [0.25, 0.3) is 67.2 Å². The Bertz CT molecular complexity index is 6490. The SMILES string of the molecule is C[C@@H]1Cc2c(-c3ccc(F)cc3F)cc(C(N)=O)nc2O[C@@H]1CO.NC(=O)c1cc(-c2ccc(F)cc2F)c2c(n1)O[C@@H](CO)CC2.NC(=O)c1cc(-c2ccc(F)cc2F)c2c(n1)O[C@H](CO)CC2.NC(=O)c1cc(-c2ncc(Cl)cc2F)c2c(n1)[C@@H]1CC[C@H](C2)O1.NC(=O)c1cc(-c2ncc(Cl)cc2F)c2c(n1)[C@H]1CC[C@@H](C2)O1.NC(=O)c1cc(-c2ncc(F)cc2F)c2c(n1)[C@@H]1CC[C@H](C2)O1. The second-order valence-electron chi connectivity index (χ2n) is 33.8. The Labute approximate surface area is 793 Å². The zero-order chi connectivity index (χ0) is 99.0. The van der Waals surface area contributed by atoms with Crippen LogP contribution in [-0.4, -0.2) is 152 Å². The summed E-state index contributed by atoms with van der Waals surface area (Å²) < 4.78 is 172. The molecule has 15 N–H and O–H groups in total. The molecule has 6 amide bonds. The molecule has 12 aromatic rings. The van der Waals surface area contributed by atoms with Crippen LogP contribution in [-0.2, 0) is 52.7 Å². The molecule has 30 nitrogen and oxygen atoms in total. The first-order valence-electron chi connectivity index (χ1n) is 43.6. The number of ether oxygens (including phenoxy) is 6. The Morgan fingerprint density at radius 1 is 0.331 bits per heavy atom. The highest BCUT2D eigenvalue weighted by atomic mass is 35.5. The number of fused-ring (bicyclic) bond motifs is 15. The van der Waals surface area contributed by atoms with Crippen LogP contribution in [0.1, 0.15) is 190 Å². The van der Waals surface area contributed by atoms with Crippen LogP contribution >= 0.6 is 23.2 Å². The normalized spacial score (nSPS) is 19.8. The highest BCUT2D eigenvalue weighted by Gasteiger charge is 2.42. The maximum absolute atomic E-state index is 14.3. The first-order valence-corrected chi connectivity index (χ1v) is 44.3. The van der Waals surface area contributed by atoms with Crippen molar-refractivity contribution in [3.05, 3.63) is 281 Å². The van der Waals surface area contributed by atoms with Gasteiger partial charge in [0.05, 0.1) is 71.5 Å². The van der Waals surface area contributed by atoms with Gasteiger partial charge in [-0.15, -0.1) is 0 Å². The molecule has 139 heavy (non-hydrogen) atoms. The number of amides is 6. The van der Waals surface area contributed by atoms with Crippen molar-refractivity contribution in [3.8, 4) is 84.8 Å². The predicted octanol–water partition coefficient (Wildman–Crippen LogP) is 13.6. The van der Waals surface area contributed by atoms with Gasteiger partial charge in [0.15, 0.2) is 17.5 Å². The molecular weight excluding hydrogens is 1880 g/mol. The fraction of sp³-hybridized carbons (Fsp3) is 0.289. The van der Waals surface area contributed by atoms with Crippen molar-refractivity contribution in [2.75, 3.05) is 19.8 Å². The highest BCUT2D eigenvalue weighted by Crippen LogP contribution is 2.49. The van der Waals surface area contributed by atoms with Crippen LogP contribution in [0.3, 0.4) is 0 Å². The maximum Gasteiger partial charge on any atom is 0.267 e. The van der Waals surface area contributed by atoms with Gasteiger partial charge in [-0.05, 0) is 195 Å². The van der Waals surface area contributed by atoms with Crippen LogP contribution < -0.4 is 48.6 Å². The van der Waals surface area contributed by atoms with Gasteiger partial charge in [-0.2, -0.15) is 0 Å². The second kappa shape index (κ2) is 41.3. The van der Waals surface area contributed by atoms with Crippen molar-refractivity contribution in [1.29, 1.82) is 0 Å². The summed E-state index contributed by atoms with van der Waals surface area (Å²) in [5, 5.41) is 28.2. The quantitative estimate of drug-likeness (QED) is 0.0430. The summed E-state index contributed by atoms with van der Waals surface area (Å²) in [5.74, 6) is -11.0. The number of nitrogens with two attached hydrogens (primary N) is 6. The van der Waals surface area contributed by atoms with Crippen LogP contribution in [0.4, 0.5) is 43.9 Å². The number of aliphatic hydroxyl groups is 3. The number of benzene rings is 3. The summed E-state index contributed by atoms with van der Waals surface area (Å²) in [4.78, 5) is 106. The Kier molecular flexibility index (Phi) is 29.1. The third-order valence-corrected chi connectivity index (χ3v) is 25.0. The average Bonchev–Trinajstić information content (AvgIpc) is 1.67. The first-order chi connectivity index (χ1) is 66.5. The van der Waals surface area contributed by atoms with Gasteiger partial charge >= 0.3 is 0 Å².